The number of carbonyl (C=O) groups excluding carboxylic acids is 1. The molecule has 2 bridgehead atoms. The molecule has 2 saturated carbocycles. The first-order valence-corrected chi connectivity index (χ1v) is 12.0. The van der Waals surface area contributed by atoms with Crippen LogP contribution in [0.4, 0.5) is 0 Å². The van der Waals surface area contributed by atoms with Crippen LogP contribution in [-0.4, -0.2) is 38.1 Å². The summed E-state index contributed by atoms with van der Waals surface area (Å²) in [5.41, 5.74) is 2.50. The van der Waals surface area contributed by atoms with Crippen LogP contribution >= 0.6 is 0 Å². The molecule has 6 heteroatoms. The van der Waals surface area contributed by atoms with Gasteiger partial charge in [-0.3, -0.25) is 4.79 Å². The van der Waals surface area contributed by atoms with Gasteiger partial charge in [0.1, 0.15) is 0 Å². The maximum atomic E-state index is 13.5. The Kier molecular flexibility index (Phi) is 4.33. The van der Waals surface area contributed by atoms with Gasteiger partial charge in [0.05, 0.1) is 0 Å². The highest BCUT2D eigenvalue weighted by Crippen LogP contribution is 2.52. The highest BCUT2D eigenvalue weighted by Gasteiger charge is 2.51. The molecule has 3 fully saturated rings. The Hall–Kier alpha value is -2.63. The van der Waals surface area contributed by atoms with E-state index in [-0.39, 0.29) is 11.3 Å². The number of nitrogens with zero attached hydrogens (tertiary/aromatic N) is 4. The lowest BCUT2D eigenvalue weighted by Crippen LogP contribution is -2.37. The van der Waals surface area contributed by atoms with Crippen LogP contribution < -0.4 is 0 Å². The number of aryl methyl sites for hydroxylation is 2. The smallest absolute Gasteiger partial charge is 0.254 e. The molecule has 168 valence electrons. The molecular weight excluding hydrogens is 400 g/mol. The Morgan fingerprint density at radius 3 is 2.84 bits per heavy atom. The van der Waals surface area contributed by atoms with E-state index in [1.807, 2.05) is 6.07 Å². The van der Waals surface area contributed by atoms with Gasteiger partial charge in [-0.05, 0) is 67.2 Å². The van der Waals surface area contributed by atoms with Crippen LogP contribution in [0, 0.1) is 10.8 Å². The van der Waals surface area contributed by atoms with E-state index >= 15 is 0 Å². The minimum atomic E-state index is 0.185. The summed E-state index contributed by atoms with van der Waals surface area (Å²) in [4.78, 5) is 20.1. The Bertz CT molecular complexity index is 1190. The molecule has 3 heterocycles. The molecular formula is C26H32N4O2. The first kappa shape index (κ1) is 20.0. The molecule has 0 spiro atoms. The molecule has 1 aliphatic heterocycles. The fourth-order valence-corrected chi connectivity index (χ4v) is 6.48. The first-order valence-electron chi connectivity index (χ1n) is 12.0. The number of hydrogen-bond donors (Lipinski definition) is 0. The summed E-state index contributed by atoms with van der Waals surface area (Å²) in [7, 11) is 0. The van der Waals surface area contributed by atoms with Gasteiger partial charge in [0.15, 0.2) is 5.82 Å². The zero-order valence-electron chi connectivity index (χ0n) is 19.3. The quantitative estimate of drug-likeness (QED) is 0.557. The molecule has 1 aromatic carbocycles. The highest BCUT2D eigenvalue weighted by atomic mass is 16.5. The summed E-state index contributed by atoms with van der Waals surface area (Å²) in [6.07, 6.45) is 8.60. The van der Waals surface area contributed by atoms with Crippen LogP contribution in [0.2, 0.25) is 0 Å². The molecule has 32 heavy (non-hydrogen) atoms. The monoisotopic (exact) mass is 432 g/mol. The van der Waals surface area contributed by atoms with Crippen LogP contribution in [0.3, 0.4) is 0 Å². The summed E-state index contributed by atoms with van der Waals surface area (Å²) >= 11 is 0. The SMILES string of the molecule is CC1(C)CC2CC(C)(CN2C(=O)c2ccc3c(ccn3CCc3nc(C4CC4)no3)c2)C1. The molecule has 6 nitrogen and oxygen atoms in total. The molecule has 2 unspecified atom stereocenters. The van der Waals surface area contributed by atoms with Gasteiger partial charge in [0, 0.05) is 54.1 Å². The zero-order chi connectivity index (χ0) is 22.1. The van der Waals surface area contributed by atoms with Crippen molar-refractivity contribution in [3.05, 3.63) is 47.7 Å². The van der Waals surface area contributed by atoms with Crippen molar-refractivity contribution in [1.82, 2.24) is 19.6 Å². The van der Waals surface area contributed by atoms with Crippen molar-refractivity contribution in [2.75, 3.05) is 6.54 Å². The lowest BCUT2D eigenvalue weighted by molar-refractivity contribution is 0.0708. The van der Waals surface area contributed by atoms with Crippen LogP contribution in [-0.2, 0) is 13.0 Å². The third-order valence-electron chi connectivity index (χ3n) is 7.69. The van der Waals surface area contributed by atoms with Crippen molar-refractivity contribution in [3.8, 4) is 0 Å². The molecule has 0 N–H and O–H groups in total. The average Bonchev–Trinajstić information content (AvgIpc) is 3.24. The molecule has 3 aliphatic rings. The third kappa shape index (κ3) is 3.54. The summed E-state index contributed by atoms with van der Waals surface area (Å²) < 4.78 is 7.62. The van der Waals surface area contributed by atoms with E-state index in [0.29, 0.717) is 29.7 Å². The Balaban J connectivity index is 1.18. The molecule has 6 rings (SSSR count). The lowest BCUT2D eigenvalue weighted by atomic mass is 9.65. The van der Waals surface area contributed by atoms with Crippen LogP contribution in [0.25, 0.3) is 10.9 Å². The predicted octanol–water partition coefficient (Wildman–Crippen LogP) is 5.19. The van der Waals surface area contributed by atoms with Crippen molar-refractivity contribution in [1.29, 1.82) is 0 Å². The maximum Gasteiger partial charge on any atom is 0.254 e. The van der Waals surface area contributed by atoms with Gasteiger partial charge in [-0.25, -0.2) is 0 Å². The second-order valence-corrected chi connectivity index (χ2v) is 11.5. The molecule has 1 saturated heterocycles. The van der Waals surface area contributed by atoms with Crippen molar-refractivity contribution in [3.63, 3.8) is 0 Å². The Morgan fingerprint density at radius 2 is 2.03 bits per heavy atom. The molecule has 3 aromatic rings. The van der Waals surface area contributed by atoms with E-state index in [2.05, 4.69) is 64.8 Å². The van der Waals surface area contributed by atoms with Crippen LogP contribution in [0.15, 0.2) is 35.0 Å². The fourth-order valence-electron chi connectivity index (χ4n) is 6.48. The van der Waals surface area contributed by atoms with E-state index < -0.39 is 0 Å². The van der Waals surface area contributed by atoms with E-state index in [1.54, 1.807) is 0 Å². The average molecular weight is 433 g/mol. The largest absolute Gasteiger partial charge is 0.347 e. The van der Waals surface area contributed by atoms with Gasteiger partial charge >= 0.3 is 0 Å². The van der Waals surface area contributed by atoms with E-state index in [0.717, 1.165) is 48.2 Å². The van der Waals surface area contributed by atoms with Gasteiger partial charge in [-0.15, -0.1) is 0 Å². The van der Waals surface area contributed by atoms with E-state index in [9.17, 15) is 4.79 Å². The van der Waals surface area contributed by atoms with Crippen molar-refractivity contribution >= 4 is 16.8 Å². The number of aromatic nitrogens is 3. The minimum Gasteiger partial charge on any atom is -0.347 e. The Labute approximate surface area is 189 Å². The summed E-state index contributed by atoms with van der Waals surface area (Å²) in [5, 5.41) is 5.21. The predicted molar refractivity (Wildman–Crippen MR) is 122 cm³/mol. The summed E-state index contributed by atoms with van der Waals surface area (Å²) in [6.45, 7) is 8.72. The van der Waals surface area contributed by atoms with Gasteiger partial charge in [0.2, 0.25) is 5.89 Å². The van der Waals surface area contributed by atoms with Crippen molar-refractivity contribution in [2.45, 2.75) is 77.8 Å². The number of benzene rings is 1. The first-order chi connectivity index (χ1) is 15.3. The summed E-state index contributed by atoms with van der Waals surface area (Å²) in [5.74, 6) is 2.27. The third-order valence-corrected chi connectivity index (χ3v) is 7.69. The Morgan fingerprint density at radius 1 is 1.19 bits per heavy atom. The van der Waals surface area contributed by atoms with Crippen LogP contribution in [0.5, 0.6) is 0 Å². The molecule has 1 amide bonds. The topological polar surface area (TPSA) is 64.2 Å². The summed E-state index contributed by atoms with van der Waals surface area (Å²) in [6, 6.07) is 8.60. The zero-order valence-corrected chi connectivity index (χ0v) is 19.3. The van der Waals surface area contributed by atoms with Gasteiger partial charge in [-0.2, -0.15) is 4.98 Å². The molecule has 2 aliphatic carbocycles. The number of hydrogen-bond acceptors (Lipinski definition) is 4. The second-order valence-electron chi connectivity index (χ2n) is 11.5. The normalized spacial score (nSPS) is 26.7. The van der Waals surface area contributed by atoms with Gasteiger partial charge in [-0.1, -0.05) is 25.9 Å². The second kappa shape index (κ2) is 6.93. The number of amides is 1. The maximum absolute atomic E-state index is 13.5. The van der Waals surface area contributed by atoms with E-state index in [4.69, 9.17) is 4.52 Å². The molecule has 2 aromatic heterocycles. The minimum absolute atomic E-state index is 0.185. The standard InChI is InChI=1S/C26H32N4O2/c1-25(2)13-20-14-26(3,15-25)16-30(20)24(31)19-6-7-21-18(12-19)8-10-29(21)11-9-22-27-23(28-32-22)17-4-5-17/h6-8,10,12,17,20H,4-5,9,11,13-16H2,1-3H3. The molecule has 2 atom stereocenters. The number of rotatable bonds is 5. The molecule has 0 radical (unpaired) electrons. The fraction of sp³-hybridized carbons (Fsp3) is 0.577. The van der Waals surface area contributed by atoms with Gasteiger partial charge in [0.25, 0.3) is 5.91 Å². The van der Waals surface area contributed by atoms with Crippen molar-refractivity contribution in [2.24, 2.45) is 10.8 Å². The number of likely N-dealkylation sites (tertiary alicyclic amines) is 1. The van der Waals surface area contributed by atoms with Gasteiger partial charge < -0.3 is 14.0 Å². The lowest BCUT2D eigenvalue weighted by Gasteiger charge is -2.39. The highest BCUT2D eigenvalue weighted by molar-refractivity contribution is 5.98. The van der Waals surface area contributed by atoms with Crippen LogP contribution in [0.1, 0.15) is 80.9 Å². The number of fused-ring (bicyclic) bond motifs is 3. The number of carbonyl (C=O) groups is 1. The van der Waals surface area contributed by atoms with E-state index in [1.165, 1.54) is 19.3 Å². The van der Waals surface area contributed by atoms with Crippen molar-refractivity contribution < 1.29 is 9.32 Å².